The number of ether oxygens (including phenoxy) is 1. The monoisotopic (exact) mass is 361 g/mol. The summed E-state index contributed by atoms with van der Waals surface area (Å²) in [5.74, 6) is 1.19. The zero-order chi connectivity index (χ0) is 18.7. The first-order valence-corrected chi connectivity index (χ1v) is 9.89. The van der Waals surface area contributed by atoms with Crippen molar-refractivity contribution in [3.05, 3.63) is 22.5 Å². The Morgan fingerprint density at radius 3 is 2.31 bits per heavy atom. The Kier molecular flexibility index (Phi) is 6.01. The van der Waals surface area contributed by atoms with Crippen molar-refractivity contribution < 1.29 is 14.3 Å². The van der Waals surface area contributed by atoms with Crippen LogP contribution in [0.15, 0.2) is 0 Å². The summed E-state index contributed by atoms with van der Waals surface area (Å²) in [7, 11) is 0. The summed E-state index contributed by atoms with van der Waals surface area (Å²) in [4.78, 5) is 30.2. The summed E-state index contributed by atoms with van der Waals surface area (Å²) in [5.41, 5.74) is 2.44. The van der Waals surface area contributed by atoms with Crippen molar-refractivity contribution >= 4 is 11.9 Å². The van der Waals surface area contributed by atoms with E-state index < -0.39 is 0 Å². The summed E-state index contributed by atoms with van der Waals surface area (Å²) in [6, 6.07) is 0. The zero-order valence-electron chi connectivity index (χ0n) is 16.2. The maximum absolute atomic E-state index is 13.0. The molecule has 6 heteroatoms. The number of amides is 1. The van der Waals surface area contributed by atoms with Gasteiger partial charge in [-0.25, -0.2) is 4.79 Å². The molecule has 26 heavy (non-hydrogen) atoms. The number of nitrogens with zero attached hydrogens (tertiary/aromatic N) is 1. The van der Waals surface area contributed by atoms with E-state index in [1.807, 2.05) is 18.7 Å². The standard InChI is InChI=1S/C20H31N3O3/c1-4-26-20(25)17-13(2)18(22-14(17)3)19(24)23-11-7-16(8-12-23)15-5-9-21-10-6-15/h15-16,21-22H,4-12H2,1-3H3. The highest BCUT2D eigenvalue weighted by Crippen LogP contribution is 2.31. The van der Waals surface area contributed by atoms with Gasteiger partial charge in [-0.15, -0.1) is 0 Å². The molecule has 2 aliphatic rings. The second kappa shape index (κ2) is 8.25. The first-order chi connectivity index (χ1) is 12.5. The molecular formula is C20H31N3O3. The maximum Gasteiger partial charge on any atom is 0.340 e. The fraction of sp³-hybridized carbons (Fsp3) is 0.700. The van der Waals surface area contributed by atoms with Gasteiger partial charge in [0.1, 0.15) is 5.69 Å². The lowest BCUT2D eigenvalue weighted by atomic mass is 9.79. The van der Waals surface area contributed by atoms with Gasteiger partial charge in [0.05, 0.1) is 12.2 Å². The molecule has 2 fully saturated rings. The number of likely N-dealkylation sites (tertiary alicyclic amines) is 1. The molecule has 0 aromatic carbocycles. The van der Waals surface area contributed by atoms with Crippen molar-refractivity contribution in [1.29, 1.82) is 0 Å². The molecule has 144 valence electrons. The third-order valence-electron chi connectivity index (χ3n) is 6.01. The number of rotatable bonds is 4. The predicted molar refractivity (Wildman–Crippen MR) is 100 cm³/mol. The van der Waals surface area contributed by atoms with E-state index >= 15 is 0 Å². The van der Waals surface area contributed by atoms with Crippen molar-refractivity contribution in [3.63, 3.8) is 0 Å². The van der Waals surface area contributed by atoms with Crippen LogP contribution in [-0.4, -0.2) is 54.5 Å². The minimum Gasteiger partial charge on any atom is -0.462 e. The molecule has 2 saturated heterocycles. The van der Waals surface area contributed by atoms with Crippen LogP contribution in [0.5, 0.6) is 0 Å². The van der Waals surface area contributed by atoms with Crippen LogP contribution in [-0.2, 0) is 4.74 Å². The van der Waals surface area contributed by atoms with Crippen LogP contribution in [0.3, 0.4) is 0 Å². The van der Waals surface area contributed by atoms with E-state index in [1.54, 1.807) is 6.92 Å². The van der Waals surface area contributed by atoms with Gasteiger partial charge in [-0.1, -0.05) is 0 Å². The Balaban J connectivity index is 1.65. The van der Waals surface area contributed by atoms with E-state index in [-0.39, 0.29) is 11.9 Å². The van der Waals surface area contributed by atoms with Gasteiger partial charge in [0.15, 0.2) is 0 Å². The largest absolute Gasteiger partial charge is 0.462 e. The third kappa shape index (κ3) is 3.80. The van der Waals surface area contributed by atoms with Crippen molar-refractivity contribution in [2.75, 3.05) is 32.8 Å². The third-order valence-corrected chi connectivity index (χ3v) is 6.01. The number of aryl methyl sites for hydroxylation is 1. The summed E-state index contributed by atoms with van der Waals surface area (Å²) in [6.07, 6.45) is 4.69. The summed E-state index contributed by atoms with van der Waals surface area (Å²) in [6.45, 7) is 9.62. The highest BCUT2D eigenvalue weighted by Gasteiger charge is 2.31. The molecule has 0 unspecified atom stereocenters. The van der Waals surface area contributed by atoms with Gasteiger partial charge in [-0.3, -0.25) is 4.79 Å². The zero-order valence-corrected chi connectivity index (χ0v) is 16.2. The van der Waals surface area contributed by atoms with E-state index in [0.29, 0.717) is 29.1 Å². The number of esters is 1. The number of hydrogen-bond acceptors (Lipinski definition) is 4. The van der Waals surface area contributed by atoms with Crippen LogP contribution in [0.25, 0.3) is 0 Å². The SMILES string of the molecule is CCOC(=O)c1c(C)[nH]c(C(=O)N2CCC(C3CCNCC3)CC2)c1C. The second-order valence-corrected chi connectivity index (χ2v) is 7.56. The van der Waals surface area contributed by atoms with Crippen LogP contribution in [0.4, 0.5) is 0 Å². The lowest BCUT2D eigenvalue weighted by Gasteiger charge is -2.37. The Hall–Kier alpha value is -1.82. The molecule has 2 aliphatic heterocycles. The molecule has 3 rings (SSSR count). The topological polar surface area (TPSA) is 74.4 Å². The van der Waals surface area contributed by atoms with Gasteiger partial charge in [0.2, 0.25) is 0 Å². The first-order valence-electron chi connectivity index (χ1n) is 9.89. The average molecular weight is 361 g/mol. The molecule has 0 bridgehead atoms. The molecular weight excluding hydrogens is 330 g/mol. The fourth-order valence-electron chi connectivity index (χ4n) is 4.52. The number of carbonyl (C=O) groups is 2. The molecule has 0 saturated carbocycles. The molecule has 2 N–H and O–H groups in total. The Bertz CT molecular complexity index is 654. The molecule has 1 aromatic heterocycles. The molecule has 0 radical (unpaired) electrons. The summed E-state index contributed by atoms with van der Waals surface area (Å²) in [5, 5.41) is 3.43. The minimum absolute atomic E-state index is 0.00455. The number of piperidine rings is 2. The number of hydrogen-bond donors (Lipinski definition) is 2. The maximum atomic E-state index is 13.0. The van der Waals surface area contributed by atoms with E-state index in [1.165, 1.54) is 12.8 Å². The second-order valence-electron chi connectivity index (χ2n) is 7.56. The van der Waals surface area contributed by atoms with Crippen molar-refractivity contribution in [3.8, 4) is 0 Å². The van der Waals surface area contributed by atoms with Gasteiger partial charge in [0, 0.05) is 18.8 Å². The van der Waals surface area contributed by atoms with E-state index in [2.05, 4.69) is 10.3 Å². The van der Waals surface area contributed by atoms with Gasteiger partial charge < -0.3 is 19.9 Å². The minimum atomic E-state index is -0.359. The van der Waals surface area contributed by atoms with Gasteiger partial charge >= 0.3 is 5.97 Å². The number of H-pyrrole nitrogens is 1. The number of carbonyl (C=O) groups excluding carboxylic acids is 2. The number of aromatic amines is 1. The molecule has 1 aromatic rings. The molecule has 0 atom stereocenters. The van der Waals surface area contributed by atoms with Gasteiger partial charge in [0.25, 0.3) is 5.91 Å². The molecule has 6 nitrogen and oxygen atoms in total. The Morgan fingerprint density at radius 1 is 1.08 bits per heavy atom. The summed E-state index contributed by atoms with van der Waals surface area (Å²) < 4.78 is 5.12. The van der Waals surface area contributed by atoms with Crippen molar-refractivity contribution in [1.82, 2.24) is 15.2 Å². The van der Waals surface area contributed by atoms with Crippen LogP contribution < -0.4 is 5.32 Å². The Morgan fingerprint density at radius 2 is 1.69 bits per heavy atom. The quantitative estimate of drug-likeness (QED) is 0.809. The van der Waals surface area contributed by atoms with Gasteiger partial charge in [-0.05, 0) is 76.9 Å². The van der Waals surface area contributed by atoms with E-state index in [4.69, 9.17) is 4.74 Å². The predicted octanol–water partition coefficient (Wildman–Crippen LogP) is 2.66. The number of nitrogens with one attached hydrogen (secondary N) is 2. The highest BCUT2D eigenvalue weighted by atomic mass is 16.5. The van der Waals surface area contributed by atoms with Crippen molar-refractivity contribution in [2.24, 2.45) is 11.8 Å². The first kappa shape index (κ1) is 19.0. The smallest absolute Gasteiger partial charge is 0.340 e. The van der Waals surface area contributed by atoms with Crippen LogP contribution in [0.1, 0.15) is 64.7 Å². The molecule has 0 aliphatic carbocycles. The fourth-order valence-corrected chi connectivity index (χ4v) is 4.52. The molecule has 3 heterocycles. The van der Waals surface area contributed by atoms with Crippen LogP contribution in [0, 0.1) is 25.7 Å². The highest BCUT2D eigenvalue weighted by molar-refractivity contribution is 6.00. The van der Waals surface area contributed by atoms with Crippen molar-refractivity contribution in [2.45, 2.75) is 46.5 Å². The Labute approximate surface area is 155 Å². The molecule has 0 spiro atoms. The van der Waals surface area contributed by atoms with Crippen LogP contribution in [0.2, 0.25) is 0 Å². The lowest BCUT2D eigenvalue weighted by Crippen LogP contribution is -2.42. The number of aromatic nitrogens is 1. The van der Waals surface area contributed by atoms with E-state index in [0.717, 1.165) is 50.9 Å². The average Bonchev–Trinajstić information content (AvgIpc) is 2.96. The lowest BCUT2D eigenvalue weighted by molar-refractivity contribution is 0.0525. The normalized spacial score (nSPS) is 19.6. The van der Waals surface area contributed by atoms with Gasteiger partial charge in [-0.2, -0.15) is 0 Å². The molecule has 1 amide bonds. The van der Waals surface area contributed by atoms with E-state index in [9.17, 15) is 9.59 Å². The van der Waals surface area contributed by atoms with Crippen LogP contribution >= 0.6 is 0 Å². The summed E-state index contributed by atoms with van der Waals surface area (Å²) >= 11 is 0.